The Morgan fingerprint density at radius 3 is 2.61 bits per heavy atom. The monoisotopic (exact) mass is 611 g/mol. The highest BCUT2D eigenvalue weighted by Crippen LogP contribution is 2.41. The second kappa shape index (κ2) is 10.3. The van der Waals surface area contributed by atoms with E-state index < -0.39 is 47.4 Å². The Labute approximate surface area is 249 Å². The molecule has 10 nitrogen and oxygen atoms in total. The van der Waals surface area contributed by atoms with Gasteiger partial charge in [0, 0.05) is 23.9 Å². The van der Waals surface area contributed by atoms with Gasteiger partial charge in [0.05, 0.1) is 23.7 Å². The molecule has 230 valence electrons. The minimum absolute atomic E-state index is 0.00643. The highest BCUT2D eigenvalue weighted by atomic mass is 19.3. The van der Waals surface area contributed by atoms with Gasteiger partial charge in [0.1, 0.15) is 23.8 Å². The molecule has 1 atom stereocenters. The van der Waals surface area contributed by atoms with E-state index in [1.54, 1.807) is 43.5 Å². The van der Waals surface area contributed by atoms with Crippen molar-refractivity contribution < 1.29 is 31.9 Å². The fourth-order valence-electron chi connectivity index (χ4n) is 5.70. The highest BCUT2D eigenvalue weighted by Gasteiger charge is 2.50. The van der Waals surface area contributed by atoms with Crippen molar-refractivity contribution in [3.63, 3.8) is 0 Å². The Kier molecular flexibility index (Phi) is 6.87. The molecule has 4 aromatic rings. The van der Waals surface area contributed by atoms with Gasteiger partial charge in [-0.2, -0.15) is 0 Å². The average Bonchev–Trinajstić information content (AvgIpc) is 3.54. The summed E-state index contributed by atoms with van der Waals surface area (Å²) in [6.45, 7) is 5.15. The van der Waals surface area contributed by atoms with Crippen molar-refractivity contribution in [2.75, 3.05) is 18.4 Å². The SMILES string of the molecule is CCc1ccc(F)c(F)c1COc1cccn2c(-c3nc4c(c(C(=O)N5CC(N)C(F)(F)C5)n3)C(C)(C)C(=O)N4)c(C)nc12. The fourth-order valence-corrected chi connectivity index (χ4v) is 5.70. The molecule has 0 saturated carbocycles. The zero-order chi connectivity index (χ0) is 31.7. The van der Waals surface area contributed by atoms with Crippen LogP contribution in [0.25, 0.3) is 17.2 Å². The van der Waals surface area contributed by atoms with Crippen LogP contribution in [0.5, 0.6) is 5.75 Å². The maximum atomic E-state index is 14.6. The first-order valence-electron chi connectivity index (χ1n) is 14.0. The largest absolute Gasteiger partial charge is 0.485 e. The summed E-state index contributed by atoms with van der Waals surface area (Å²) >= 11 is 0. The molecule has 0 bridgehead atoms. The van der Waals surface area contributed by atoms with Gasteiger partial charge >= 0.3 is 0 Å². The summed E-state index contributed by atoms with van der Waals surface area (Å²) in [5.41, 5.74) is 6.13. The molecule has 6 rings (SSSR count). The first-order valence-corrected chi connectivity index (χ1v) is 14.0. The van der Waals surface area contributed by atoms with E-state index in [1.807, 2.05) is 6.92 Å². The highest BCUT2D eigenvalue weighted by molar-refractivity contribution is 6.09. The van der Waals surface area contributed by atoms with Crippen LogP contribution in [-0.2, 0) is 23.2 Å². The van der Waals surface area contributed by atoms with Gasteiger partial charge in [0.15, 0.2) is 28.9 Å². The number of hydrogen-bond donors (Lipinski definition) is 2. The molecule has 0 radical (unpaired) electrons. The van der Waals surface area contributed by atoms with Crippen molar-refractivity contribution in [1.82, 2.24) is 24.3 Å². The molecule has 2 amide bonds. The first-order chi connectivity index (χ1) is 20.7. The third-order valence-electron chi connectivity index (χ3n) is 8.23. The molecule has 3 aromatic heterocycles. The number of aryl methyl sites for hydroxylation is 2. The number of rotatable bonds is 6. The van der Waals surface area contributed by atoms with E-state index in [0.717, 1.165) is 11.0 Å². The third kappa shape index (κ3) is 4.55. The molecule has 5 heterocycles. The lowest BCUT2D eigenvalue weighted by Gasteiger charge is -2.21. The van der Waals surface area contributed by atoms with Crippen molar-refractivity contribution in [2.45, 2.75) is 58.1 Å². The number of imidazole rings is 1. The van der Waals surface area contributed by atoms with Gasteiger partial charge in [-0.25, -0.2) is 32.5 Å². The molecular weight excluding hydrogens is 582 g/mol. The lowest BCUT2D eigenvalue weighted by atomic mass is 9.85. The number of aromatic nitrogens is 4. The number of nitrogens with one attached hydrogen (secondary N) is 1. The van der Waals surface area contributed by atoms with Crippen LogP contribution in [0.2, 0.25) is 0 Å². The quantitative estimate of drug-likeness (QED) is 0.314. The van der Waals surface area contributed by atoms with E-state index in [1.165, 1.54) is 6.07 Å². The number of hydrogen-bond acceptors (Lipinski definition) is 7. The Morgan fingerprint density at radius 1 is 1.18 bits per heavy atom. The van der Waals surface area contributed by atoms with E-state index in [4.69, 9.17) is 10.5 Å². The van der Waals surface area contributed by atoms with Crippen LogP contribution < -0.4 is 15.8 Å². The molecule has 1 saturated heterocycles. The minimum atomic E-state index is -3.28. The Hall–Kier alpha value is -4.59. The number of anilines is 1. The van der Waals surface area contributed by atoms with E-state index in [2.05, 4.69) is 20.3 Å². The van der Waals surface area contributed by atoms with Gasteiger partial charge in [-0.3, -0.25) is 14.0 Å². The summed E-state index contributed by atoms with van der Waals surface area (Å²) in [7, 11) is 0. The number of ether oxygens (including phenoxy) is 1. The van der Waals surface area contributed by atoms with Crippen LogP contribution in [0.4, 0.5) is 23.4 Å². The second-order valence-electron chi connectivity index (χ2n) is 11.5. The molecule has 1 aromatic carbocycles. The van der Waals surface area contributed by atoms with Crippen molar-refractivity contribution >= 4 is 23.3 Å². The molecule has 0 aliphatic carbocycles. The van der Waals surface area contributed by atoms with Crippen LogP contribution in [-0.4, -0.2) is 61.1 Å². The number of likely N-dealkylation sites (tertiary alicyclic amines) is 1. The summed E-state index contributed by atoms with van der Waals surface area (Å²) in [4.78, 5) is 41.2. The average molecular weight is 612 g/mol. The Morgan fingerprint density at radius 2 is 1.93 bits per heavy atom. The summed E-state index contributed by atoms with van der Waals surface area (Å²) in [6.07, 6.45) is 2.12. The number of benzene rings is 1. The van der Waals surface area contributed by atoms with Crippen molar-refractivity contribution in [3.05, 3.63) is 70.2 Å². The van der Waals surface area contributed by atoms with Crippen LogP contribution >= 0.6 is 0 Å². The molecule has 2 aliphatic heterocycles. The van der Waals surface area contributed by atoms with Gasteiger partial charge in [0.25, 0.3) is 11.8 Å². The van der Waals surface area contributed by atoms with E-state index in [0.29, 0.717) is 29.0 Å². The topological polar surface area (TPSA) is 128 Å². The van der Waals surface area contributed by atoms with Crippen molar-refractivity contribution in [3.8, 4) is 17.3 Å². The summed E-state index contributed by atoms with van der Waals surface area (Å²) in [6, 6.07) is 4.31. The van der Waals surface area contributed by atoms with Crippen LogP contribution in [0.3, 0.4) is 0 Å². The lowest BCUT2D eigenvalue weighted by Crippen LogP contribution is -2.38. The smallest absolute Gasteiger partial charge is 0.281 e. The minimum Gasteiger partial charge on any atom is -0.485 e. The first kappa shape index (κ1) is 29.5. The van der Waals surface area contributed by atoms with Gasteiger partial charge < -0.3 is 20.7 Å². The zero-order valence-electron chi connectivity index (χ0n) is 24.3. The predicted octanol–water partition coefficient (Wildman–Crippen LogP) is 4.17. The summed E-state index contributed by atoms with van der Waals surface area (Å²) < 4.78 is 64.7. The van der Waals surface area contributed by atoms with Crippen LogP contribution in [0, 0.1) is 18.6 Å². The number of halogens is 4. The van der Waals surface area contributed by atoms with Gasteiger partial charge in [-0.05, 0) is 51.0 Å². The van der Waals surface area contributed by atoms with Gasteiger partial charge in [-0.15, -0.1) is 0 Å². The number of alkyl halides is 2. The maximum absolute atomic E-state index is 14.6. The van der Waals surface area contributed by atoms with E-state index in [-0.39, 0.29) is 47.4 Å². The normalized spacial score (nSPS) is 18.5. The number of nitrogens with zero attached hydrogens (tertiary/aromatic N) is 5. The molecular formula is C30H29F4N7O3. The number of pyridine rings is 1. The molecule has 0 spiro atoms. The number of nitrogens with two attached hydrogens (primary N) is 1. The molecule has 14 heteroatoms. The zero-order valence-corrected chi connectivity index (χ0v) is 24.3. The third-order valence-corrected chi connectivity index (χ3v) is 8.23. The predicted molar refractivity (Wildman–Crippen MR) is 152 cm³/mol. The molecule has 1 unspecified atom stereocenters. The molecule has 2 aliphatic rings. The van der Waals surface area contributed by atoms with E-state index in [9.17, 15) is 27.2 Å². The molecule has 1 fully saturated rings. The molecule has 3 N–H and O–H groups in total. The van der Waals surface area contributed by atoms with Crippen molar-refractivity contribution in [1.29, 1.82) is 0 Å². The second-order valence-corrected chi connectivity index (χ2v) is 11.5. The van der Waals surface area contributed by atoms with E-state index >= 15 is 0 Å². The summed E-state index contributed by atoms with van der Waals surface area (Å²) in [5.74, 6) is -6.13. The number of fused-ring (bicyclic) bond motifs is 2. The van der Waals surface area contributed by atoms with Crippen LogP contribution in [0.1, 0.15) is 53.6 Å². The number of carbonyl (C=O) groups is 2. The molecule has 44 heavy (non-hydrogen) atoms. The van der Waals surface area contributed by atoms with Gasteiger partial charge in [0.2, 0.25) is 5.91 Å². The number of carbonyl (C=O) groups excluding carboxylic acids is 2. The fraction of sp³-hybridized carbons (Fsp3) is 0.367. The lowest BCUT2D eigenvalue weighted by molar-refractivity contribution is -0.119. The standard InChI is InChI=1S/C30H29F4N7O3/c1-5-15-8-9-17(31)21(32)16(15)12-44-18-7-6-10-41-23(14(2)36-26(18)41)25-37-22(20-24(38-25)39-28(43)29(20,3)4)27(42)40-11-19(35)30(33,34)13-40/h6-10,19H,5,11-13,35H2,1-4H3,(H,37,38,39,43). The van der Waals surface area contributed by atoms with Crippen molar-refractivity contribution in [2.24, 2.45) is 5.73 Å². The Bertz CT molecular complexity index is 1860. The summed E-state index contributed by atoms with van der Waals surface area (Å²) in [5, 5.41) is 2.68. The number of amides is 2. The Balaban J connectivity index is 1.44. The van der Waals surface area contributed by atoms with Gasteiger partial charge in [-0.1, -0.05) is 13.0 Å². The van der Waals surface area contributed by atoms with Crippen LogP contribution in [0.15, 0.2) is 30.5 Å². The maximum Gasteiger partial charge on any atom is 0.281 e.